The summed E-state index contributed by atoms with van der Waals surface area (Å²) >= 11 is 0. The first kappa shape index (κ1) is 13.4. The molecule has 0 spiro atoms. The van der Waals surface area contributed by atoms with Crippen LogP contribution in [0.2, 0.25) is 0 Å². The van der Waals surface area contributed by atoms with Crippen LogP contribution in [-0.4, -0.2) is 47.2 Å². The van der Waals surface area contributed by atoms with Gasteiger partial charge in [-0.1, -0.05) is 0 Å². The number of amides is 1. The van der Waals surface area contributed by atoms with Gasteiger partial charge in [-0.15, -0.1) is 0 Å². The second-order valence-corrected chi connectivity index (χ2v) is 4.04. The van der Waals surface area contributed by atoms with Gasteiger partial charge in [0.1, 0.15) is 6.04 Å². The molecule has 1 unspecified atom stereocenters. The first-order chi connectivity index (χ1) is 8.00. The van der Waals surface area contributed by atoms with E-state index in [0.29, 0.717) is 13.0 Å². The quantitative estimate of drug-likeness (QED) is 0.494. The predicted octanol–water partition coefficient (Wildman–Crippen LogP) is -0.970. The van der Waals surface area contributed by atoms with Gasteiger partial charge in [-0.3, -0.25) is 9.59 Å². The molecule has 96 valence electrons. The van der Waals surface area contributed by atoms with E-state index in [2.05, 4.69) is 10.6 Å². The van der Waals surface area contributed by atoms with Crippen LogP contribution in [0.3, 0.4) is 0 Å². The van der Waals surface area contributed by atoms with E-state index in [9.17, 15) is 14.4 Å². The number of carboxylic acid groups (broad SMARTS) is 2. The van der Waals surface area contributed by atoms with Crippen LogP contribution < -0.4 is 10.6 Å². The van der Waals surface area contributed by atoms with Crippen LogP contribution in [0, 0.1) is 5.92 Å². The molecule has 1 aliphatic heterocycles. The second kappa shape index (κ2) is 6.19. The molecule has 1 rings (SSSR count). The Morgan fingerprint density at radius 1 is 1.35 bits per heavy atom. The molecular formula is C10H16N2O5. The molecule has 2 atom stereocenters. The van der Waals surface area contributed by atoms with Crippen LogP contribution >= 0.6 is 0 Å². The van der Waals surface area contributed by atoms with Gasteiger partial charge in [-0.2, -0.15) is 0 Å². The lowest BCUT2D eigenvalue weighted by Crippen LogP contribution is -2.48. The Balaban J connectivity index is 2.50. The highest BCUT2D eigenvalue weighted by Crippen LogP contribution is 2.10. The largest absolute Gasteiger partial charge is 0.481 e. The lowest BCUT2D eigenvalue weighted by Gasteiger charge is -2.23. The topological polar surface area (TPSA) is 116 Å². The SMILES string of the molecule is O=C(O)CC(NC(=O)[C@@H]1CCCNC1)C(=O)O. The van der Waals surface area contributed by atoms with Gasteiger partial charge in [-0.25, -0.2) is 4.79 Å². The second-order valence-electron chi connectivity index (χ2n) is 4.04. The zero-order valence-corrected chi connectivity index (χ0v) is 9.31. The molecule has 0 aliphatic carbocycles. The van der Waals surface area contributed by atoms with Gasteiger partial charge >= 0.3 is 11.9 Å². The summed E-state index contributed by atoms with van der Waals surface area (Å²) in [7, 11) is 0. The first-order valence-electron chi connectivity index (χ1n) is 5.46. The summed E-state index contributed by atoms with van der Waals surface area (Å²) < 4.78 is 0. The average molecular weight is 244 g/mol. The van der Waals surface area contributed by atoms with Crippen LogP contribution in [0.4, 0.5) is 0 Å². The van der Waals surface area contributed by atoms with Crippen LogP contribution in [0.25, 0.3) is 0 Å². The monoisotopic (exact) mass is 244 g/mol. The van der Waals surface area contributed by atoms with Gasteiger partial charge in [0.15, 0.2) is 0 Å². The number of rotatable bonds is 5. The summed E-state index contributed by atoms with van der Waals surface area (Å²) in [6.45, 7) is 1.35. The smallest absolute Gasteiger partial charge is 0.326 e. The van der Waals surface area contributed by atoms with Crippen LogP contribution in [-0.2, 0) is 14.4 Å². The Labute approximate surface area is 98.2 Å². The van der Waals surface area contributed by atoms with Gasteiger partial charge < -0.3 is 20.8 Å². The highest BCUT2D eigenvalue weighted by atomic mass is 16.4. The van der Waals surface area contributed by atoms with Crippen molar-refractivity contribution in [3.8, 4) is 0 Å². The molecule has 0 aromatic rings. The molecule has 0 aromatic heterocycles. The standard InChI is InChI=1S/C10H16N2O5/c13-8(14)4-7(10(16)17)12-9(15)6-2-1-3-11-5-6/h6-7,11H,1-5H2,(H,12,15)(H,13,14)(H,16,17)/t6-,7?/m1/s1. The summed E-state index contributed by atoms with van der Waals surface area (Å²) in [4.78, 5) is 32.9. The molecule has 7 nitrogen and oxygen atoms in total. The van der Waals surface area contributed by atoms with E-state index in [1.807, 2.05) is 0 Å². The first-order valence-corrected chi connectivity index (χ1v) is 5.46. The van der Waals surface area contributed by atoms with Crippen LogP contribution in [0.15, 0.2) is 0 Å². The van der Waals surface area contributed by atoms with E-state index < -0.39 is 30.3 Å². The van der Waals surface area contributed by atoms with Crippen LogP contribution in [0.5, 0.6) is 0 Å². The van der Waals surface area contributed by atoms with Gasteiger partial charge in [0.2, 0.25) is 5.91 Å². The Morgan fingerprint density at radius 3 is 2.53 bits per heavy atom. The molecule has 0 aromatic carbocycles. The van der Waals surface area contributed by atoms with Crippen molar-refractivity contribution in [2.75, 3.05) is 13.1 Å². The van der Waals surface area contributed by atoms with E-state index >= 15 is 0 Å². The fraction of sp³-hybridized carbons (Fsp3) is 0.700. The number of carbonyl (C=O) groups is 3. The minimum atomic E-state index is -1.36. The minimum Gasteiger partial charge on any atom is -0.481 e. The molecule has 1 amide bonds. The van der Waals surface area contributed by atoms with Crippen molar-refractivity contribution in [2.45, 2.75) is 25.3 Å². The number of aliphatic carboxylic acids is 2. The zero-order chi connectivity index (χ0) is 12.8. The molecule has 1 saturated heterocycles. The molecule has 1 aliphatic rings. The number of hydrogen-bond donors (Lipinski definition) is 4. The van der Waals surface area contributed by atoms with Gasteiger partial charge in [0, 0.05) is 6.54 Å². The van der Waals surface area contributed by atoms with Gasteiger partial charge in [-0.05, 0) is 19.4 Å². The third kappa shape index (κ3) is 4.39. The molecule has 17 heavy (non-hydrogen) atoms. The summed E-state index contributed by atoms with van der Waals surface area (Å²) in [5, 5.41) is 22.6. The van der Waals surface area contributed by atoms with E-state index in [4.69, 9.17) is 10.2 Å². The minimum absolute atomic E-state index is 0.278. The number of carboxylic acids is 2. The molecular weight excluding hydrogens is 228 g/mol. The number of carbonyl (C=O) groups excluding carboxylic acids is 1. The highest BCUT2D eigenvalue weighted by Gasteiger charge is 2.27. The Morgan fingerprint density at radius 2 is 2.06 bits per heavy atom. The van der Waals surface area contributed by atoms with Gasteiger partial charge in [0.05, 0.1) is 12.3 Å². The lowest BCUT2D eigenvalue weighted by molar-refractivity contribution is -0.147. The molecule has 0 bridgehead atoms. The number of hydrogen-bond acceptors (Lipinski definition) is 4. The fourth-order valence-corrected chi connectivity index (χ4v) is 1.74. The summed E-state index contributed by atoms with van der Waals surface area (Å²) in [6.07, 6.45) is 0.939. The van der Waals surface area contributed by atoms with Crippen molar-refractivity contribution in [1.82, 2.24) is 10.6 Å². The van der Waals surface area contributed by atoms with Gasteiger partial charge in [0.25, 0.3) is 0 Å². The molecule has 0 saturated carbocycles. The number of piperidine rings is 1. The molecule has 4 N–H and O–H groups in total. The highest BCUT2D eigenvalue weighted by molar-refractivity contribution is 5.87. The van der Waals surface area contributed by atoms with Crippen molar-refractivity contribution in [3.05, 3.63) is 0 Å². The average Bonchev–Trinajstić information content (AvgIpc) is 2.28. The van der Waals surface area contributed by atoms with E-state index in [1.54, 1.807) is 0 Å². The Kier molecular flexibility index (Phi) is 4.89. The molecule has 0 radical (unpaired) electrons. The summed E-state index contributed by atoms with van der Waals surface area (Å²) in [5.74, 6) is -3.26. The molecule has 1 heterocycles. The van der Waals surface area contributed by atoms with Crippen molar-refractivity contribution < 1.29 is 24.6 Å². The number of nitrogens with one attached hydrogen (secondary N) is 2. The maximum Gasteiger partial charge on any atom is 0.326 e. The third-order valence-electron chi connectivity index (χ3n) is 2.66. The Bertz CT molecular complexity index is 312. The lowest BCUT2D eigenvalue weighted by atomic mass is 9.98. The third-order valence-corrected chi connectivity index (χ3v) is 2.66. The molecule has 7 heteroatoms. The van der Waals surface area contributed by atoms with E-state index in [-0.39, 0.29) is 5.92 Å². The van der Waals surface area contributed by atoms with Crippen molar-refractivity contribution >= 4 is 17.8 Å². The maximum absolute atomic E-state index is 11.7. The van der Waals surface area contributed by atoms with E-state index in [1.165, 1.54) is 0 Å². The van der Waals surface area contributed by atoms with Crippen molar-refractivity contribution in [1.29, 1.82) is 0 Å². The summed E-state index contributed by atoms with van der Waals surface area (Å²) in [6, 6.07) is -1.36. The maximum atomic E-state index is 11.7. The Hall–Kier alpha value is -1.63. The van der Waals surface area contributed by atoms with E-state index in [0.717, 1.165) is 13.0 Å². The predicted molar refractivity (Wildman–Crippen MR) is 57.4 cm³/mol. The normalized spacial score (nSPS) is 21.5. The molecule has 1 fully saturated rings. The van der Waals surface area contributed by atoms with Crippen molar-refractivity contribution in [3.63, 3.8) is 0 Å². The fourth-order valence-electron chi connectivity index (χ4n) is 1.74. The van der Waals surface area contributed by atoms with Crippen molar-refractivity contribution in [2.24, 2.45) is 5.92 Å². The zero-order valence-electron chi connectivity index (χ0n) is 9.31. The summed E-state index contributed by atoms with van der Waals surface area (Å²) in [5.41, 5.74) is 0. The van der Waals surface area contributed by atoms with Crippen LogP contribution in [0.1, 0.15) is 19.3 Å².